The fourth-order valence-electron chi connectivity index (χ4n) is 1.92. The Labute approximate surface area is 114 Å². The second-order valence-electron chi connectivity index (χ2n) is 4.27. The van der Waals surface area contributed by atoms with Crippen molar-refractivity contribution < 1.29 is 14.6 Å². The van der Waals surface area contributed by atoms with E-state index in [2.05, 4.69) is 20.9 Å². The average Bonchev–Trinajstić information content (AvgIpc) is 2.38. The molecule has 0 saturated carbocycles. The van der Waals surface area contributed by atoms with Crippen LogP contribution in [-0.4, -0.2) is 40.3 Å². The topological polar surface area (TPSA) is 62.7 Å². The van der Waals surface area contributed by atoms with Crippen LogP contribution in [0.25, 0.3) is 0 Å². The monoisotopic (exact) mass is 314 g/mol. The Kier molecular flexibility index (Phi) is 4.54. The van der Waals surface area contributed by atoms with Gasteiger partial charge in [0.15, 0.2) is 0 Å². The lowest BCUT2D eigenvalue weighted by Crippen LogP contribution is -2.40. The molecule has 0 bridgehead atoms. The van der Waals surface area contributed by atoms with Gasteiger partial charge in [0, 0.05) is 19.3 Å². The molecule has 0 radical (unpaired) electrons. The van der Waals surface area contributed by atoms with Crippen LogP contribution in [0.5, 0.6) is 0 Å². The molecule has 1 aromatic heterocycles. The molecule has 1 aliphatic heterocycles. The number of nitrogens with zero attached hydrogens (tertiary/aromatic N) is 2. The van der Waals surface area contributed by atoms with Crippen molar-refractivity contribution in [1.29, 1.82) is 0 Å². The second kappa shape index (κ2) is 6.15. The molecule has 0 atom stereocenters. The number of carboxylic acid groups (broad SMARTS) is 1. The maximum absolute atomic E-state index is 10.7. The summed E-state index contributed by atoms with van der Waals surface area (Å²) in [6.07, 6.45) is 2.60. The Balaban J connectivity index is 1.75. The fraction of sp³-hybridized carbons (Fsp3) is 0.500. The fourth-order valence-corrected chi connectivity index (χ4v) is 2.15. The number of halogens is 1. The molecular weight excluding hydrogens is 300 g/mol. The van der Waals surface area contributed by atoms with Crippen molar-refractivity contribution in [3.63, 3.8) is 0 Å². The minimum Gasteiger partial charge on any atom is -0.465 e. The van der Waals surface area contributed by atoms with Gasteiger partial charge in [-0.2, -0.15) is 0 Å². The molecule has 6 heteroatoms. The zero-order valence-corrected chi connectivity index (χ0v) is 11.5. The van der Waals surface area contributed by atoms with Crippen molar-refractivity contribution in [3.05, 3.63) is 28.5 Å². The first-order chi connectivity index (χ1) is 8.65. The summed E-state index contributed by atoms with van der Waals surface area (Å²) in [7, 11) is 0. The molecular formula is C12H15BrN2O3. The van der Waals surface area contributed by atoms with Crippen LogP contribution < -0.4 is 0 Å². The number of hydrogen-bond acceptors (Lipinski definition) is 3. The van der Waals surface area contributed by atoms with Gasteiger partial charge in [-0.3, -0.25) is 0 Å². The summed E-state index contributed by atoms with van der Waals surface area (Å²) in [5.74, 6) is 0. The minimum atomic E-state index is -0.842. The highest BCUT2D eigenvalue weighted by Crippen LogP contribution is 2.16. The number of hydrogen-bond donors (Lipinski definition) is 1. The van der Waals surface area contributed by atoms with E-state index in [-0.39, 0.29) is 6.10 Å². The molecule has 1 aromatic rings. The Bertz CT molecular complexity index is 402. The summed E-state index contributed by atoms with van der Waals surface area (Å²) in [6.45, 7) is 1.63. The standard InChI is InChI=1S/C12H15BrN2O3/c13-11-2-1-9(7-14-11)8-18-10-3-5-15(6-4-10)12(16)17/h1-2,7,10H,3-6,8H2,(H,16,17). The lowest BCUT2D eigenvalue weighted by atomic mass is 10.1. The summed E-state index contributed by atoms with van der Waals surface area (Å²) in [5, 5.41) is 8.83. The van der Waals surface area contributed by atoms with E-state index in [4.69, 9.17) is 9.84 Å². The molecule has 0 spiro atoms. The summed E-state index contributed by atoms with van der Waals surface area (Å²) in [6, 6.07) is 3.84. The Morgan fingerprint density at radius 1 is 1.50 bits per heavy atom. The van der Waals surface area contributed by atoms with Crippen LogP contribution in [0.2, 0.25) is 0 Å². The highest BCUT2D eigenvalue weighted by atomic mass is 79.9. The smallest absolute Gasteiger partial charge is 0.407 e. The molecule has 1 N–H and O–H groups in total. The molecule has 18 heavy (non-hydrogen) atoms. The van der Waals surface area contributed by atoms with Gasteiger partial charge in [0.1, 0.15) is 4.60 Å². The van der Waals surface area contributed by atoms with Crippen molar-refractivity contribution in [1.82, 2.24) is 9.88 Å². The molecule has 2 rings (SSSR count). The third-order valence-corrected chi connectivity index (χ3v) is 3.46. The first-order valence-corrected chi connectivity index (χ1v) is 6.64. The molecule has 1 amide bonds. The highest BCUT2D eigenvalue weighted by Gasteiger charge is 2.22. The molecule has 98 valence electrons. The van der Waals surface area contributed by atoms with Gasteiger partial charge in [0.25, 0.3) is 0 Å². The van der Waals surface area contributed by atoms with Crippen molar-refractivity contribution >= 4 is 22.0 Å². The SMILES string of the molecule is O=C(O)N1CCC(OCc2ccc(Br)nc2)CC1. The van der Waals surface area contributed by atoms with E-state index in [0.717, 1.165) is 23.0 Å². The van der Waals surface area contributed by atoms with Crippen molar-refractivity contribution in [3.8, 4) is 0 Å². The van der Waals surface area contributed by atoms with Crippen molar-refractivity contribution in [2.75, 3.05) is 13.1 Å². The molecule has 0 aromatic carbocycles. The number of amides is 1. The van der Waals surface area contributed by atoms with Crippen LogP contribution in [0.1, 0.15) is 18.4 Å². The van der Waals surface area contributed by atoms with Gasteiger partial charge in [-0.15, -0.1) is 0 Å². The van der Waals surface area contributed by atoms with Gasteiger partial charge in [-0.25, -0.2) is 9.78 Å². The molecule has 0 aliphatic carbocycles. The average molecular weight is 315 g/mol. The molecule has 0 unspecified atom stereocenters. The zero-order valence-electron chi connectivity index (χ0n) is 9.88. The van der Waals surface area contributed by atoms with Crippen LogP contribution in [0.15, 0.2) is 22.9 Å². The molecule has 5 nitrogen and oxygen atoms in total. The Morgan fingerprint density at radius 3 is 2.78 bits per heavy atom. The van der Waals surface area contributed by atoms with E-state index in [0.29, 0.717) is 19.7 Å². The lowest BCUT2D eigenvalue weighted by molar-refractivity contribution is 0.000269. The number of aromatic nitrogens is 1. The molecule has 1 aliphatic rings. The maximum atomic E-state index is 10.7. The van der Waals surface area contributed by atoms with Gasteiger partial charge in [0.05, 0.1) is 12.7 Å². The van der Waals surface area contributed by atoms with Gasteiger partial charge < -0.3 is 14.7 Å². The van der Waals surface area contributed by atoms with Gasteiger partial charge >= 0.3 is 6.09 Å². The summed E-state index contributed by atoms with van der Waals surface area (Å²) >= 11 is 3.28. The van der Waals surface area contributed by atoms with Gasteiger partial charge in [-0.1, -0.05) is 6.07 Å². The van der Waals surface area contributed by atoms with Crippen molar-refractivity contribution in [2.45, 2.75) is 25.6 Å². The molecule has 1 saturated heterocycles. The summed E-state index contributed by atoms with van der Waals surface area (Å²) in [4.78, 5) is 16.3. The van der Waals surface area contributed by atoms with Crippen LogP contribution in [0, 0.1) is 0 Å². The number of ether oxygens (including phenoxy) is 1. The largest absolute Gasteiger partial charge is 0.465 e. The van der Waals surface area contributed by atoms with Crippen LogP contribution in [0.4, 0.5) is 4.79 Å². The van der Waals surface area contributed by atoms with E-state index >= 15 is 0 Å². The van der Waals surface area contributed by atoms with Crippen LogP contribution >= 0.6 is 15.9 Å². The first-order valence-electron chi connectivity index (χ1n) is 5.85. The quantitative estimate of drug-likeness (QED) is 0.871. The zero-order chi connectivity index (χ0) is 13.0. The molecule has 2 heterocycles. The number of piperidine rings is 1. The van der Waals surface area contributed by atoms with Crippen LogP contribution in [-0.2, 0) is 11.3 Å². The van der Waals surface area contributed by atoms with E-state index in [9.17, 15) is 4.79 Å². The number of rotatable bonds is 3. The highest BCUT2D eigenvalue weighted by molar-refractivity contribution is 9.10. The first kappa shape index (κ1) is 13.3. The van der Waals surface area contributed by atoms with E-state index in [1.807, 2.05) is 12.1 Å². The third kappa shape index (κ3) is 3.68. The predicted molar refractivity (Wildman–Crippen MR) is 69.3 cm³/mol. The molecule has 1 fully saturated rings. The van der Waals surface area contributed by atoms with Crippen LogP contribution in [0.3, 0.4) is 0 Å². The normalized spacial score (nSPS) is 16.8. The minimum absolute atomic E-state index is 0.143. The van der Waals surface area contributed by atoms with E-state index in [1.165, 1.54) is 4.90 Å². The Hall–Kier alpha value is -1.14. The van der Waals surface area contributed by atoms with Crippen molar-refractivity contribution in [2.24, 2.45) is 0 Å². The van der Waals surface area contributed by atoms with Gasteiger partial charge in [-0.05, 0) is 40.4 Å². The van der Waals surface area contributed by atoms with Gasteiger partial charge in [0.2, 0.25) is 0 Å². The van der Waals surface area contributed by atoms with E-state index < -0.39 is 6.09 Å². The second-order valence-corrected chi connectivity index (χ2v) is 5.08. The number of carbonyl (C=O) groups is 1. The third-order valence-electron chi connectivity index (χ3n) is 2.99. The predicted octanol–water partition coefficient (Wildman–Crippen LogP) is 2.50. The van der Waals surface area contributed by atoms with E-state index in [1.54, 1.807) is 6.20 Å². The summed E-state index contributed by atoms with van der Waals surface area (Å²) < 4.78 is 6.57. The number of pyridine rings is 1. The lowest BCUT2D eigenvalue weighted by Gasteiger charge is -2.29. The number of likely N-dealkylation sites (tertiary alicyclic amines) is 1. The maximum Gasteiger partial charge on any atom is 0.407 e. The Morgan fingerprint density at radius 2 is 2.22 bits per heavy atom. The summed E-state index contributed by atoms with van der Waals surface area (Å²) in [5.41, 5.74) is 1.03.